The van der Waals surface area contributed by atoms with E-state index in [0.717, 1.165) is 30.7 Å². The average Bonchev–Trinajstić information content (AvgIpc) is 3.17. The summed E-state index contributed by atoms with van der Waals surface area (Å²) in [6.45, 7) is 4.52. The minimum atomic E-state index is -0.137. The van der Waals surface area contributed by atoms with Crippen molar-refractivity contribution < 1.29 is 13.8 Å². The summed E-state index contributed by atoms with van der Waals surface area (Å²) in [5.41, 5.74) is 1.62. The monoisotopic (exact) mass is 275 g/mol. The molecule has 2 aromatic rings. The van der Waals surface area contributed by atoms with E-state index in [1.807, 2.05) is 13.0 Å². The molecule has 0 N–H and O–H groups in total. The van der Waals surface area contributed by atoms with Crippen LogP contribution in [0.4, 0.5) is 0 Å². The van der Waals surface area contributed by atoms with E-state index in [0.29, 0.717) is 12.2 Å². The highest BCUT2D eigenvalue weighted by Gasteiger charge is 2.34. The van der Waals surface area contributed by atoms with Crippen molar-refractivity contribution in [1.82, 2.24) is 15.2 Å². The third kappa shape index (κ3) is 2.21. The topological polar surface area (TPSA) is 72.4 Å². The molecule has 1 atom stereocenters. The molecular weight excluding hydrogens is 258 g/mol. The number of amides is 1. The number of carbonyl (C=O) groups is 1. The van der Waals surface area contributed by atoms with Gasteiger partial charge in [-0.1, -0.05) is 17.2 Å². The SMILES string of the molecule is CCc1cc(C2CCCN2C(=O)c2cc(C)no2)on1. The minimum Gasteiger partial charge on any atom is -0.359 e. The molecule has 1 amide bonds. The summed E-state index contributed by atoms with van der Waals surface area (Å²) in [6, 6.07) is 3.54. The molecule has 2 aromatic heterocycles. The molecule has 6 nitrogen and oxygen atoms in total. The van der Waals surface area contributed by atoms with Gasteiger partial charge < -0.3 is 13.9 Å². The van der Waals surface area contributed by atoms with Crippen LogP contribution in [0.2, 0.25) is 0 Å². The number of nitrogens with zero attached hydrogens (tertiary/aromatic N) is 3. The minimum absolute atomic E-state index is 0.0549. The predicted molar refractivity (Wildman–Crippen MR) is 70.1 cm³/mol. The first-order valence-corrected chi connectivity index (χ1v) is 6.89. The lowest BCUT2D eigenvalue weighted by Crippen LogP contribution is -2.30. The smallest absolute Gasteiger partial charge is 0.293 e. The van der Waals surface area contributed by atoms with Gasteiger partial charge in [0.2, 0.25) is 5.76 Å². The van der Waals surface area contributed by atoms with Crippen LogP contribution >= 0.6 is 0 Å². The predicted octanol–water partition coefficient (Wildman–Crippen LogP) is 2.51. The van der Waals surface area contributed by atoms with Gasteiger partial charge in [-0.15, -0.1) is 0 Å². The normalized spacial score (nSPS) is 18.7. The highest BCUT2D eigenvalue weighted by Crippen LogP contribution is 2.33. The summed E-state index contributed by atoms with van der Waals surface area (Å²) in [6.07, 6.45) is 2.66. The lowest BCUT2D eigenvalue weighted by atomic mass is 10.1. The number of aryl methyl sites for hydroxylation is 2. The summed E-state index contributed by atoms with van der Waals surface area (Å²) < 4.78 is 10.4. The van der Waals surface area contributed by atoms with Crippen molar-refractivity contribution in [2.24, 2.45) is 0 Å². The molecule has 0 aliphatic carbocycles. The summed E-state index contributed by atoms with van der Waals surface area (Å²) >= 11 is 0. The molecular formula is C14H17N3O3. The highest BCUT2D eigenvalue weighted by molar-refractivity contribution is 5.91. The maximum Gasteiger partial charge on any atom is 0.293 e. The molecule has 0 spiro atoms. The van der Waals surface area contributed by atoms with Gasteiger partial charge in [-0.05, 0) is 26.2 Å². The molecule has 1 saturated heterocycles. The van der Waals surface area contributed by atoms with Crippen molar-refractivity contribution in [3.8, 4) is 0 Å². The third-order valence-electron chi connectivity index (χ3n) is 3.62. The quantitative estimate of drug-likeness (QED) is 0.860. The van der Waals surface area contributed by atoms with E-state index in [1.54, 1.807) is 17.9 Å². The standard InChI is InChI=1S/C14H17N3O3/c1-3-10-8-12(19-16-10)11-5-4-6-17(11)14(18)13-7-9(2)15-20-13/h7-8,11H,3-6H2,1-2H3. The van der Waals surface area contributed by atoms with E-state index < -0.39 is 0 Å². The Morgan fingerprint density at radius 2 is 2.25 bits per heavy atom. The Morgan fingerprint density at radius 1 is 1.40 bits per heavy atom. The Balaban J connectivity index is 1.83. The van der Waals surface area contributed by atoms with Crippen molar-refractivity contribution in [1.29, 1.82) is 0 Å². The first-order chi connectivity index (χ1) is 9.69. The summed E-state index contributed by atoms with van der Waals surface area (Å²) in [7, 11) is 0. The van der Waals surface area contributed by atoms with Crippen molar-refractivity contribution in [2.45, 2.75) is 39.2 Å². The van der Waals surface area contributed by atoms with Crippen LogP contribution in [0.3, 0.4) is 0 Å². The second-order valence-corrected chi connectivity index (χ2v) is 5.06. The molecule has 1 aliphatic rings. The number of hydrogen-bond donors (Lipinski definition) is 0. The van der Waals surface area contributed by atoms with Gasteiger partial charge in [-0.25, -0.2) is 0 Å². The van der Waals surface area contributed by atoms with Crippen LogP contribution in [0.5, 0.6) is 0 Å². The highest BCUT2D eigenvalue weighted by atomic mass is 16.5. The Hall–Kier alpha value is -2.11. The molecule has 3 heterocycles. The lowest BCUT2D eigenvalue weighted by Gasteiger charge is -2.20. The van der Waals surface area contributed by atoms with Crippen molar-refractivity contribution in [3.05, 3.63) is 35.0 Å². The van der Waals surface area contributed by atoms with E-state index in [1.165, 1.54) is 0 Å². The molecule has 0 radical (unpaired) electrons. The Labute approximate surface area is 116 Å². The zero-order valence-corrected chi connectivity index (χ0v) is 11.6. The number of carbonyl (C=O) groups excluding carboxylic acids is 1. The zero-order chi connectivity index (χ0) is 14.1. The van der Waals surface area contributed by atoms with Gasteiger partial charge in [0, 0.05) is 18.7 Å². The van der Waals surface area contributed by atoms with Crippen LogP contribution in [0.1, 0.15) is 53.5 Å². The van der Waals surface area contributed by atoms with Gasteiger partial charge in [0.25, 0.3) is 5.91 Å². The van der Waals surface area contributed by atoms with Crippen molar-refractivity contribution in [2.75, 3.05) is 6.54 Å². The summed E-state index contributed by atoms with van der Waals surface area (Å²) in [5, 5.41) is 7.77. The molecule has 1 aliphatic heterocycles. The Kier molecular flexibility index (Phi) is 3.30. The maximum absolute atomic E-state index is 12.5. The first-order valence-electron chi connectivity index (χ1n) is 6.89. The van der Waals surface area contributed by atoms with Crippen molar-refractivity contribution in [3.63, 3.8) is 0 Å². The fourth-order valence-electron chi connectivity index (χ4n) is 2.56. The third-order valence-corrected chi connectivity index (χ3v) is 3.62. The molecule has 0 aromatic carbocycles. The van der Waals surface area contributed by atoms with E-state index in [9.17, 15) is 4.79 Å². The van der Waals surface area contributed by atoms with Crippen LogP contribution in [0, 0.1) is 6.92 Å². The van der Waals surface area contributed by atoms with Gasteiger partial charge in [0.05, 0.1) is 17.4 Å². The van der Waals surface area contributed by atoms with Gasteiger partial charge in [0.15, 0.2) is 5.76 Å². The van der Waals surface area contributed by atoms with E-state index in [-0.39, 0.29) is 17.7 Å². The van der Waals surface area contributed by atoms with E-state index in [4.69, 9.17) is 9.05 Å². The molecule has 1 fully saturated rings. The molecule has 0 saturated carbocycles. The molecule has 3 rings (SSSR count). The van der Waals surface area contributed by atoms with E-state index in [2.05, 4.69) is 10.3 Å². The number of rotatable bonds is 3. The molecule has 20 heavy (non-hydrogen) atoms. The van der Waals surface area contributed by atoms with Gasteiger partial charge in [0.1, 0.15) is 0 Å². The van der Waals surface area contributed by atoms with Gasteiger partial charge in [-0.3, -0.25) is 4.79 Å². The van der Waals surface area contributed by atoms with Crippen LogP contribution in [0.15, 0.2) is 21.2 Å². The van der Waals surface area contributed by atoms with Crippen LogP contribution in [-0.2, 0) is 6.42 Å². The second-order valence-electron chi connectivity index (χ2n) is 5.06. The largest absolute Gasteiger partial charge is 0.359 e. The molecule has 6 heteroatoms. The second kappa shape index (κ2) is 5.11. The molecule has 0 bridgehead atoms. The lowest BCUT2D eigenvalue weighted by molar-refractivity contribution is 0.0672. The molecule has 106 valence electrons. The number of aromatic nitrogens is 2. The van der Waals surface area contributed by atoms with E-state index >= 15 is 0 Å². The van der Waals surface area contributed by atoms with Crippen molar-refractivity contribution >= 4 is 5.91 Å². The molecule has 1 unspecified atom stereocenters. The fourth-order valence-corrected chi connectivity index (χ4v) is 2.56. The fraction of sp³-hybridized carbons (Fsp3) is 0.500. The van der Waals surface area contributed by atoms with Gasteiger partial charge in [-0.2, -0.15) is 0 Å². The van der Waals surface area contributed by atoms with Crippen LogP contribution in [0.25, 0.3) is 0 Å². The number of likely N-dealkylation sites (tertiary alicyclic amines) is 1. The maximum atomic E-state index is 12.5. The first kappa shape index (κ1) is 12.9. The average molecular weight is 275 g/mol. The van der Waals surface area contributed by atoms with Crippen LogP contribution < -0.4 is 0 Å². The van der Waals surface area contributed by atoms with Gasteiger partial charge >= 0.3 is 0 Å². The number of hydrogen-bond acceptors (Lipinski definition) is 5. The summed E-state index contributed by atoms with van der Waals surface area (Å²) in [5.74, 6) is 0.899. The Morgan fingerprint density at radius 3 is 2.90 bits per heavy atom. The Bertz CT molecular complexity index is 617. The summed E-state index contributed by atoms with van der Waals surface area (Å²) in [4.78, 5) is 14.2. The van der Waals surface area contributed by atoms with Crippen LogP contribution in [-0.4, -0.2) is 27.7 Å². The zero-order valence-electron chi connectivity index (χ0n) is 11.6.